The van der Waals surface area contributed by atoms with E-state index in [0.717, 1.165) is 17.2 Å². The Kier molecular flexibility index (Phi) is 2.59. The van der Waals surface area contributed by atoms with Crippen molar-refractivity contribution in [3.63, 3.8) is 0 Å². The lowest BCUT2D eigenvalue weighted by atomic mass is 10.1. The summed E-state index contributed by atoms with van der Waals surface area (Å²) in [5, 5.41) is 0. The minimum Gasteiger partial charge on any atom is -0.436 e. The van der Waals surface area contributed by atoms with Gasteiger partial charge in [0.15, 0.2) is 5.58 Å². The highest BCUT2D eigenvalue weighted by atomic mass is 19.1. The van der Waals surface area contributed by atoms with Crippen LogP contribution in [0.2, 0.25) is 0 Å². The molecule has 0 saturated heterocycles. The summed E-state index contributed by atoms with van der Waals surface area (Å²) in [6.45, 7) is 3.94. The van der Waals surface area contributed by atoms with Gasteiger partial charge in [-0.25, -0.2) is 13.8 Å². The van der Waals surface area contributed by atoms with Crippen molar-refractivity contribution < 1.29 is 13.2 Å². The predicted octanol–water partition coefficient (Wildman–Crippen LogP) is 4.39. The Balaban J connectivity index is 2.20. The van der Waals surface area contributed by atoms with Crippen LogP contribution in [0.5, 0.6) is 0 Å². The normalized spacial score (nSPS) is 11.2. The fourth-order valence-electron chi connectivity index (χ4n) is 1.96. The Labute approximate surface area is 108 Å². The fraction of sp³-hybridized carbons (Fsp3) is 0.133. The van der Waals surface area contributed by atoms with Crippen LogP contribution in [0, 0.1) is 25.5 Å². The Morgan fingerprint density at radius 2 is 1.74 bits per heavy atom. The number of oxazole rings is 1. The van der Waals surface area contributed by atoms with Gasteiger partial charge in [0.2, 0.25) is 5.89 Å². The summed E-state index contributed by atoms with van der Waals surface area (Å²) in [5.41, 5.74) is 3.60. The predicted molar refractivity (Wildman–Crippen MR) is 68.8 cm³/mol. The van der Waals surface area contributed by atoms with E-state index in [4.69, 9.17) is 4.42 Å². The van der Waals surface area contributed by atoms with Crippen LogP contribution in [-0.2, 0) is 0 Å². The van der Waals surface area contributed by atoms with E-state index in [-0.39, 0.29) is 11.5 Å². The third-order valence-electron chi connectivity index (χ3n) is 3.17. The molecule has 0 radical (unpaired) electrons. The Bertz CT molecular complexity index is 738. The topological polar surface area (TPSA) is 26.0 Å². The van der Waals surface area contributed by atoms with E-state index in [9.17, 15) is 8.78 Å². The fourth-order valence-corrected chi connectivity index (χ4v) is 1.96. The summed E-state index contributed by atoms with van der Waals surface area (Å²) in [6, 6.07) is 7.08. The number of halogens is 2. The number of nitrogens with zero attached hydrogens (tertiary/aromatic N) is 1. The lowest BCUT2D eigenvalue weighted by Gasteiger charge is -1.97. The Morgan fingerprint density at radius 1 is 1.00 bits per heavy atom. The standard InChI is InChI=1S/C15H11F2NO/c1-8-5-13-14(6-9(8)2)19-15(18-13)11-4-3-10(16)7-12(11)17/h3-7H,1-2H3. The van der Waals surface area contributed by atoms with Gasteiger partial charge in [-0.05, 0) is 49.2 Å². The Morgan fingerprint density at radius 3 is 2.47 bits per heavy atom. The molecular formula is C15H11F2NO. The van der Waals surface area contributed by atoms with Crippen LogP contribution in [0.1, 0.15) is 11.1 Å². The zero-order chi connectivity index (χ0) is 13.6. The zero-order valence-corrected chi connectivity index (χ0v) is 10.5. The number of fused-ring (bicyclic) bond motifs is 1. The second-order valence-electron chi connectivity index (χ2n) is 4.55. The molecule has 19 heavy (non-hydrogen) atoms. The van der Waals surface area contributed by atoms with Crippen molar-refractivity contribution in [2.45, 2.75) is 13.8 Å². The Hall–Kier alpha value is -2.23. The molecule has 4 heteroatoms. The molecule has 2 aromatic carbocycles. The molecular weight excluding hydrogens is 248 g/mol. The monoisotopic (exact) mass is 259 g/mol. The van der Waals surface area contributed by atoms with Gasteiger partial charge in [0.05, 0.1) is 5.56 Å². The molecule has 3 aromatic rings. The maximum atomic E-state index is 13.7. The van der Waals surface area contributed by atoms with Gasteiger partial charge in [-0.3, -0.25) is 0 Å². The molecule has 0 aliphatic rings. The smallest absolute Gasteiger partial charge is 0.230 e. The van der Waals surface area contributed by atoms with Crippen LogP contribution < -0.4 is 0 Å². The summed E-state index contributed by atoms with van der Waals surface area (Å²) in [7, 11) is 0. The zero-order valence-electron chi connectivity index (χ0n) is 10.5. The molecule has 0 spiro atoms. The highest BCUT2D eigenvalue weighted by Gasteiger charge is 2.13. The third kappa shape index (κ3) is 1.99. The molecule has 0 aliphatic heterocycles. The van der Waals surface area contributed by atoms with Crippen LogP contribution in [0.15, 0.2) is 34.7 Å². The van der Waals surface area contributed by atoms with Crippen LogP contribution in [0.3, 0.4) is 0 Å². The molecule has 0 fully saturated rings. The number of hydrogen-bond donors (Lipinski definition) is 0. The molecule has 0 amide bonds. The van der Waals surface area contributed by atoms with Gasteiger partial charge in [0, 0.05) is 6.07 Å². The van der Waals surface area contributed by atoms with E-state index in [1.165, 1.54) is 12.1 Å². The first-order chi connectivity index (χ1) is 9.04. The van der Waals surface area contributed by atoms with Gasteiger partial charge < -0.3 is 4.42 Å². The minimum absolute atomic E-state index is 0.160. The SMILES string of the molecule is Cc1cc2nc(-c3ccc(F)cc3F)oc2cc1C. The first kappa shape index (κ1) is 11.8. The lowest BCUT2D eigenvalue weighted by Crippen LogP contribution is -1.85. The molecule has 1 aromatic heterocycles. The van der Waals surface area contributed by atoms with E-state index in [2.05, 4.69) is 4.98 Å². The molecule has 0 saturated carbocycles. The van der Waals surface area contributed by atoms with Gasteiger partial charge in [-0.1, -0.05) is 0 Å². The van der Waals surface area contributed by atoms with E-state index in [1.807, 2.05) is 26.0 Å². The number of aryl methyl sites for hydroxylation is 2. The second-order valence-corrected chi connectivity index (χ2v) is 4.55. The quantitative estimate of drug-likeness (QED) is 0.647. The first-order valence-electron chi connectivity index (χ1n) is 5.88. The lowest BCUT2D eigenvalue weighted by molar-refractivity contribution is 0.572. The van der Waals surface area contributed by atoms with Crippen molar-refractivity contribution in [2.24, 2.45) is 0 Å². The van der Waals surface area contributed by atoms with Crippen molar-refractivity contribution in [1.82, 2.24) is 4.98 Å². The molecule has 1 heterocycles. The summed E-state index contributed by atoms with van der Waals surface area (Å²) in [4.78, 5) is 4.25. The summed E-state index contributed by atoms with van der Waals surface area (Å²) < 4.78 is 32.1. The van der Waals surface area contributed by atoms with Crippen LogP contribution in [0.25, 0.3) is 22.6 Å². The van der Waals surface area contributed by atoms with Crippen molar-refractivity contribution in [3.05, 3.63) is 53.1 Å². The minimum atomic E-state index is -0.681. The number of hydrogen-bond acceptors (Lipinski definition) is 2. The van der Waals surface area contributed by atoms with E-state index in [0.29, 0.717) is 11.1 Å². The van der Waals surface area contributed by atoms with Crippen molar-refractivity contribution >= 4 is 11.1 Å². The van der Waals surface area contributed by atoms with E-state index >= 15 is 0 Å². The highest BCUT2D eigenvalue weighted by molar-refractivity contribution is 5.78. The molecule has 0 aliphatic carbocycles. The van der Waals surface area contributed by atoms with E-state index < -0.39 is 11.6 Å². The number of benzene rings is 2. The molecule has 3 rings (SSSR count). The average molecular weight is 259 g/mol. The van der Waals surface area contributed by atoms with Crippen LogP contribution >= 0.6 is 0 Å². The average Bonchev–Trinajstić information content (AvgIpc) is 2.72. The maximum absolute atomic E-state index is 13.7. The number of aromatic nitrogens is 1. The molecule has 2 nitrogen and oxygen atoms in total. The van der Waals surface area contributed by atoms with Gasteiger partial charge in [-0.15, -0.1) is 0 Å². The van der Waals surface area contributed by atoms with Crippen molar-refractivity contribution in [2.75, 3.05) is 0 Å². The van der Waals surface area contributed by atoms with Gasteiger partial charge in [0.1, 0.15) is 17.2 Å². The van der Waals surface area contributed by atoms with Crippen molar-refractivity contribution in [1.29, 1.82) is 0 Å². The molecule has 0 atom stereocenters. The van der Waals surface area contributed by atoms with Gasteiger partial charge >= 0.3 is 0 Å². The maximum Gasteiger partial charge on any atom is 0.230 e. The largest absolute Gasteiger partial charge is 0.436 e. The third-order valence-corrected chi connectivity index (χ3v) is 3.17. The summed E-state index contributed by atoms with van der Waals surface area (Å²) >= 11 is 0. The molecule has 0 N–H and O–H groups in total. The highest BCUT2D eigenvalue weighted by Crippen LogP contribution is 2.28. The summed E-state index contributed by atoms with van der Waals surface area (Å²) in [5.74, 6) is -1.14. The van der Waals surface area contributed by atoms with Crippen LogP contribution in [0.4, 0.5) is 8.78 Å². The summed E-state index contributed by atoms with van der Waals surface area (Å²) in [6.07, 6.45) is 0. The molecule has 0 unspecified atom stereocenters. The van der Waals surface area contributed by atoms with Gasteiger partial charge in [0.25, 0.3) is 0 Å². The second kappa shape index (κ2) is 4.16. The van der Waals surface area contributed by atoms with Gasteiger partial charge in [-0.2, -0.15) is 0 Å². The number of rotatable bonds is 1. The first-order valence-corrected chi connectivity index (χ1v) is 5.88. The van der Waals surface area contributed by atoms with E-state index in [1.54, 1.807) is 0 Å². The molecule has 96 valence electrons. The van der Waals surface area contributed by atoms with Crippen molar-refractivity contribution in [3.8, 4) is 11.5 Å². The van der Waals surface area contributed by atoms with Crippen LogP contribution in [-0.4, -0.2) is 4.98 Å². The molecule has 0 bridgehead atoms.